The van der Waals surface area contributed by atoms with Crippen LogP contribution in [-0.2, 0) is 16.0 Å². The lowest BCUT2D eigenvalue weighted by atomic mass is 10.1. The van der Waals surface area contributed by atoms with Gasteiger partial charge in [0.05, 0.1) is 11.8 Å². The number of nitrogens with zero attached hydrogens (tertiary/aromatic N) is 1. The molecule has 0 unspecified atom stereocenters. The molecule has 1 aromatic heterocycles. The number of rotatable bonds is 6. The van der Waals surface area contributed by atoms with E-state index in [4.69, 9.17) is 4.42 Å². The maximum atomic E-state index is 13.8. The van der Waals surface area contributed by atoms with Crippen molar-refractivity contribution in [2.45, 2.75) is 19.8 Å². The second-order valence-electron chi connectivity index (χ2n) is 6.02. The van der Waals surface area contributed by atoms with Crippen LogP contribution in [0.1, 0.15) is 19.2 Å². The molecule has 0 aliphatic carbocycles. The Bertz CT molecular complexity index is 980. The fourth-order valence-corrected chi connectivity index (χ4v) is 2.56. The van der Waals surface area contributed by atoms with Crippen molar-refractivity contribution in [3.63, 3.8) is 0 Å². The van der Waals surface area contributed by atoms with Crippen LogP contribution in [0.4, 0.5) is 20.2 Å². The van der Waals surface area contributed by atoms with E-state index >= 15 is 0 Å². The number of nitrogens with one attached hydrogen (secondary N) is 2. The molecular formula is C20H17F2N3O3. The highest BCUT2D eigenvalue weighted by Gasteiger charge is 2.16. The lowest BCUT2D eigenvalue weighted by molar-refractivity contribution is -0.116. The summed E-state index contributed by atoms with van der Waals surface area (Å²) in [6, 6.07) is 10.2. The van der Waals surface area contributed by atoms with Crippen LogP contribution in [-0.4, -0.2) is 16.8 Å². The van der Waals surface area contributed by atoms with Gasteiger partial charge in [0, 0.05) is 31.1 Å². The Morgan fingerprint density at radius 3 is 2.21 bits per heavy atom. The third kappa shape index (κ3) is 4.79. The molecule has 28 heavy (non-hydrogen) atoms. The average Bonchev–Trinajstić information content (AvgIpc) is 3.10. The number of benzene rings is 2. The Hall–Kier alpha value is -3.55. The van der Waals surface area contributed by atoms with Crippen LogP contribution < -0.4 is 10.6 Å². The van der Waals surface area contributed by atoms with E-state index in [0.717, 1.165) is 12.1 Å². The third-order valence-electron chi connectivity index (χ3n) is 3.82. The predicted octanol–water partition coefficient (Wildman–Crippen LogP) is 4.15. The largest absolute Gasteiger partial charge is 0.441 e. The first-order valence-electron chi connectivity index (χ1n) is 8.49. The summed E-state index contributed by atoms with van der Waals surface area (Å²) in [5.74, 6) is -1.78. The SMILES string of the molecule is CC(=O)Nc1ccc(NC(=O)CCc2ncc(-c3c(F)cccc3F)o2)cc1. The van der Waals surface area contributed by atoms with E-state index < -0.39 is 11.6 Å². The zero-order valence-electron chi connectivity index (χ0n) is 15.0. The molecule has 6 nitrogen and oxygen atoms in total. The summed E-state index contributed by atoms with van der Waals surface area (Å²) in [5, 5.41) is 5.34. The molecule has 0 radical (unpaired) electrons. The number of halogens is 2. The van der Waals surface area contributed by atoms with Crippen molar-refractivity contribution < 1.29 is 22.8 Å². The normalized spacial score (nSPS) is 10.5. The predicted molar refractivity (Wildman–Crippen MR) is 99.6 cm³/mol. The molecule has 0 saturated carbocycles. The Labute approximate surface area is 159 Å². The molecule has 0 bridgehead atoms. The molecule has 0 aliphatic rings. The van der Waals surface area contributed by atoms with E-state index in [1.165, 1.54) is 19.2 Å². The van der Waals surface area contributed by atoms with Crippen molar-refractivity contribution in [1.82, 2.24) is 4.98 Å². The molecule has 0 saturated heterocycles. The number of hydrogen-bond donors (Lipinski definition) is 2. The van der Waals surface area contributed by atoms with Gasteiger partial charge >= 0.3 is 0 Å². The van der Waals surface area contributed by atoms with E-state index in [0.29, 0.717) is 11.4 Å². The standard InChI is InChI=1S/C20H17F2N3O3/c1-12(26)24-13-5-7-14(8-6-13)25-18(27)9-10-19-23-11-17(28-19)20-15(21)3-2-4-16(20)22/h2-8,11H,9-10H2,1H3,(H,24,26)(H,25,27). The highest BCUT2D eigenvalue weighted by molar-refractivity contribution is 5.92. The summed E-state index contributed by atoms with van der Waals surface area (Å²) in [5.41, 5.74) is 0.906. The maximum absolute atomic E-state index is 13.8. The lowest BCUT2D eigenvalue weighted by Crippen LogP contribution is -2.12. The molecule has 0 aliphatic heterocycles. The number of carbonyl (C=O) groups is 2. The van der Waals surface area contributed by atoms with E-state index in [1.807, 2.05) is 0 Å². The zero-order valence-corrected chi connectivity index (χ0v) is 15.0. The van der Waals surface area contributed by atoms with Gasteiger partial charge in [0.2, 0.25) is 11.8 Å². The summed E-state index contributed by atoms with van der Waals surface area (Å²) in [7, 11) is 0. The molecule has 0 atom stereocenters. The third-order valence-corrected chi connectivity index (χ3v) is 3.82. The van der Waals surface area contributed by atoms with E-state index in [9.17, 15) is 18.4 Å². The molecular weight excluding hydrogens is 368 g/mol. The van der Waals surface area contributed by atoms with Gasteiger partial charge in [-0.1, -0.05) is 6.07 Å². The van der Waals surface area contributed by atoms with Crippen LogP contribution in [0.5, 0.6) is 0 Å². The fourth-order valence-electron chi connectivity index (χ4n) is 2.56. The molecule has 3 rings (SSSR count). The molecule has 8 heteroatoms. The van der Waals surface area contributed by atoms with Crippen molar-refractivity contribution in [1.29, 1.82) is 0 Å². The van der Waals surface area contributed by atoms with Gasteiger partial charge in [-0.3, -0.25) is 9.59 Å². The minimum absolute atomic E-state index is 0.0282. The number of amides is 2. The lowest BCUT2D eigenvalue weighted by Gasteiger charge is -2.06. The summed E-state index contributed by atoms with van der Waals surface area (Å²) < 4.78 is 32.9. The highest BCUT2D eigenvalue weighted by atomic mass is 19.1. The van der Waals surface area contributed by atoms with Gasteiger partial charge < -0.3 is 15.1 Å². The smallest absolute Gasteiger partial charge is 0.224 e. The minimum Gasteiger partial charge on any atom is -0.441 e. The summed E-state index contributed by atoms with van der Waals surface area (Å²) in [6.45, 7) is 1.41. The Balaban J connectivity index is 1.57. The molecule has 0 fully saturated rings. The molecule has 0 spiro atoms. The average molecular weight is 385 g/mol. The summed E-state index contributed by atoms with van der Waals surface area (Å²) >= 11 is 0. The molecule has 144 valence electrons. The quantitative estimate of drug-likeness (QED) is 0.668. The Kier molecular flexibility index (Phi) is 5.78. The maximum Gasteiger partial charge on any atom is 0.224 e. The van der Waals surface area contributed by atoms with E-state index in [-0.39, 0.29) is 41.9 Å². The molecule has 2 aromatic carbocycles. The fraction of sp³-hybridized carbons (Fsp3) is 0.150. The van der Waals surface area contributed by atoms with Crippen molar-refractivity contribution in [2.75, 3.05) is 10.6 Å². The number of anilines is 2. The van der Waals surface area contributed by atoms with Crippen LogP contribution in [0.15, 0.2) is 53.1 Å². The van der Waals surface area contributed by atoms with Gasteiger partial charge in [0.25, 0.3) is 0 Å². The Morgan fingerprint density at radius 2 is 1.61 bits per heavy atom. The van der Waals surface area contributed by atoms with Crippen molar-refractivity contribution in [2.24, 2.45) is 0 Å². The van der Waals surface area contributed by atoms with Crippen molar-refractivity contribution >= 4 is 23.2 Å². The number of carbonyl (C=O) groups excluding carboxylic acids is 2. The topological polar surface area (TPSA) is 84.2 Å². The summed E-state index contributed by atoms with van der Waals surface area (Å²) in [4.78, 5) is 27.0. The zero-order chi connectivity index (χ0) is 20.1. The monoisotopic (exact) mass is 385 g/mol. The summed E-state index contributed by atoms with van der Waals surface area (Å²) in [6.07, 6.45) is 1.48. The van der Waals surface area contributed by atoms with Gasteiger partial charge in [-0.2, -0.15) is 0 Å². The molecule has 2 amide bonds. The van der Waals surface area contributed by atoms with E-state index in [1.54, 1.807) is 24.3 Å². The minimum atomic E-state index is -0.747. The highest BCUT2D eigenvalue weighted by Crippen LogP contribution is 2.26. The van der Waals surface area contributed by atoms with Gasteiger partial charge in [0.15, 0.2) is 11.7 Å². The first kappa shape index (κ1) is 19.2. The van der Waals surface area contributed by atoms with Gasteiger partial charge in [0.1, 0.15) is 11.6 Å². The van der Waals surface area contributed by atoms with Crippen LogP contribution in [0.25, 0.3) is 11.3 Å². The second kappa shape index (κ2) is 8.43. The van der Waals surface area contributed by atoms with Gasteiger partial charge in [-0.05, 0) is 36.4 Å². The first-order valence-corrected chi connectivity index (χ1v) is 8.49. The van der Waals surface area contributed by atoms with Crippen LogP contribution in [0, 0.1) is 11.6 Å². The number of aromatic nitrogens is 1. The van der Waals surface area contributed by atoms with Gasteiger partial charge in [-0.25, -0.2) is 13.8 Å². The Morgan fingerprint density at radius 1 is 1.00 bits per heavy atom. The number of oxazole rings is 1. The van der Waals surface area contributed by atoms with Crippen molar-refractivity contribution in [3.8, 4) is 11.3 Å². The number of hydrogen-bond acceptors (Lipinski definition) is 4. The van der Waals surface area contributed by atoms with Crippen LogP contribution in [0.3, 0.4) is 0 Å². The molecule has 1 heterocycles. The van der Waals surface area contributed by atoms with Gasteiger partial charge in [-0.15, -0.1) is 0 Å². The molecule has 3 aromatic rings. The van der Waals surface area contributed by atoms with E-state index in [2.05, 4.69) is 15.6 Å². The van der Waals surface area contributed by atoms with Crippen LogP contribution >= 0.6 is 0 Å². The molecule has 2 N–H and O–H groups in total. The second-order valence-corrected chi connectivity index (χ2v) is 6.02. The first-order chi connectivity index (χ1) is 13.4. The van der Waals surface area contributed by atoms with Crippen molar-refractivity contribution in [3.05, 3.63) is 66.2 Å². The van der Waals surface area contributed by atoms with Crippen LogP contribution in [0.2, 0.25) is 0 Å². The number of aryl methyl sites for hydroxylation is 1.